The number of hydrogen-bond acceptors (Lipinski definition) is 7. The Hall–Kier alpha value is -2.92. The Balaban J connectivity index is 1.81. The van der Waals surface area contributed by atoms with E-state index in [-0.39, 0.29) is 11.2 Å². The molecule has 4 N–H and O–H groups in total. The van der Waals surface area contributed by atoms with Gasteiger partial charge in [-0.15, -0.1) is 0 Å². The minimum atomic E-state index is -4.29. The van der Waals surface area contributed by atoms with Gasteiger partial charge in [0.25, 0.3) is 0 Å². The Labute approximate surface area is 163 Å². The maximum atomic E-state index is 10.9. The van der Waals surface area contributed by atoms with Crippen LogP contribution in [-0.4, -0.2) is 38.3 Å². The number of nitrogens with one attached hydrogen (secondary N) is 3. The third kappa shape index (κ3) is 5.08. The first-order valence-corrected chi connectivity index (χ1v) is 10.0. The van der Waals surface area contributed by atoms with Crippen LogP contribution in [0, 0.1) is 0 Å². The molecular weight excluding hydrogens is 382 g/mol. The fourth-order valence-electron chi connectivity index (χ4n) is 2.57. The van der Waals surface area contributed by atoms with Crippen LogP contribution in [0.25, 0.3) is 11.0 Å². The molecule has 0 unspecified atom stereocenters. The van der Waals surface area contributed by atoms with Crippen LogP contribution in [0.3, 0.4) is 0 Å². The van der Waals surface area contributed by atoms with Gasteiger partial charge in [0.05, 0.1) is 17.3 Å². The van der Waals surface area contributed by atoms with Gasteiger partial charge in [-0.3, -0.25) is 14.0 Å². The molecule has 3 aromatic rings. The molecule has 0 aliphatic heterocycles. The summed E-state index contributed by atoms with van der Waals surface area (Å²) >= 11 is 0. The van der Waals surface area contributed by atoms with E-state index in [9.17, 15) is 8.42 Å². The smallest absolute Gasteiger partial charge is 0.357 e. The van der Waals surface area contributed by atoms with E-state index in [0.717, 1.165) is 10.9 Å². The molecule has 11 heteroatoms. The molecule has 0 amide bonds. The zero-order chi connectivity index (χ0) is 20.5. The lowest BCUT2D eigenvalue weighted by Crippen LogP contribution is -2.27. The highest BCUT2D eigenvalue weighted by molar-refractivity contribution is 7.87. The van der Waals surface area contributed by atoms with Crippen LogP contribution in [0.1, 0.15) is 26.3 Å². The summed E-state index contributed by atoms with van der Waals surface area (Å²) < 4.78 is 34.2. The summed E-state index contributed by atoms with van der Waals surface area (Å²) in [4.78, 5) is 9.10. The topological polar surface area (TPSA) is 134 Å². The number of benzene rings is 1. The van der Waals surface area contributed by atoms with Crippen molar-refractivity contribution in [3.63, 3.8) is 0 Å². The average molecular weight is 405 g/mol. The van der Waals surface area contributed by atoms with E-state index in [4.69, 9.17) is 4.55 Å². The molecule has 0 aliphatic rings. The van der Waals surface area contributed by atoms with Gasteiger partial charge in [-0.05, 0) is 38.5 Å². The third-order valence-corrected chi connectivity index (χ3v) is 4.23. The van der Waals surface area contributed by atoms with Gasteiger partial charge in [0, 0.05) is 19.1 Å². The van der Waals surface area contributed by atoms with E-state index in [1.54, 1.807) is 35.1 Å². The minimum Gasteiger partial charge on any atom is -0.365 e. The molecule has 1 aromatic carbocycles. The summed E-state index contributed by atoms with van der Waals surface area (Å²) in [5.41, 5.74) is 1.69. The highest BCUT2D eigenvalue weighted by Gasteiger charge is 2.16. The highest BCUT2D eigenvalue weighted by atomic mass is 32.2. The Morgan fingerprint density at radius 2 is 1.82 bits per heavy atom. The van der Waals surface area contributed by atoms with Gasteiger partial charge in [0.1, 0.15) is 5.82 Å². The summed E-state index contributed by atoms with van der Waals surface area (Å²) in [6.07, 6.45) is 1.71. The number of aryl methyl sites for hydroxylation is 1. The normalized spacial score (nSPS) is 12.2. The Morgan fingerprint density at radius 1 is 1.14 bits per heavy atom. The van der Waals surface area contributed by atoms with Crippen LogP contribution < -0.4 is 15.4 Å². The van der Waals surface area contributed by atoms with Crippen molar-refractivity contribution in [3.05, 3.63) is 36.0 Å². The van der Waals surface area contributed by atoms with Crippen LogP contribution >= 0.6 is 0 Å². The number of anilines is 3. The van der Waals surface area contributed by atoms with Crippen LogP contribution in [0.4, 0.5) is 17.5 Å². The Kier molecular flexibility index (Phi) is 5.13. The van der Waals surface area contributed by atoms with Crippen molar-refractivity contribution in [2.45, 2.75) is 32.9 Å². The molecule has 0 fully saturated rings. The quantitative estimate of drug-likeness (QED) is 0.459. The van der Waals surface area contributed by atoms with Crippen molar-refractivity contribution in [3.8, 4) is 0 Å². The molecule has 3 rings (SSSR count). The van der Waals surface area contributed by atoms with Gasteiger partial charge in [0.15, 0.2) is 5.65 Å². The molecule has 0 spiro atoms. The summed E-state index contributed by atoms with van der Waals surface area (Å²) in [6.45, 7) is 6.54. The predicted molar refractivity (Wildman–Crippen MR) is 109 cm³/mol. The van der Waals surface area contributed by atoms with Gasteiger partial charge >= 0.3 is 10.3 Å². The average Bonchev–Trinajstić information content (AvgIpc) is 2.92. The van der Waals surface area contributed by atoms with Crippen molar-refractivity contribution in [2.75, 3.05) is 15.4 Å². The Morgan fingerprint density at radius 3 is 2.43 bits per heavy atom. The zero-order valence-electron chi connectivity index (χ0n) is 16.1. The molecule has 0 saturated carbocycles. The van der Waals surface area contributed by atoms with Gasteiger partial charge in [-0.25, -0.2) is 0 Å². The Bertz CT molecular complexity index is 1090. The van der Waals surface area contributed by atoms with E-state index in [1.165, 1.54) is 0 Å². The van der Waals surface area contributed by atoms with Crippen molar-refractivity contribution < 1.29 is 13.0 Å². The lowest BCUT2D eigenvalue weighted by molar-refractivity contribution is 0.489. The van der Waals surface area contributed by atoms with Crippen LogP contribution in [-0.2, 0) is 23.9 Å². The number of hydrogen-bond donors (Lipinski definition) is 4. The molecule has 10 nitrogen and oxygen atoms in total. The summed E-state index contributed by atoms with van der Waals surface area (Å²) in [5, 5.41) is 11.6. The standard InChI is InChI=1S/C17H23N7O3S/c1-17(2,3)22-16-20-14(13-10-19-24(4)15(13)21-16)18-9-11-5-7-12(8-6-11)23-28(25,26)27/h5-8,10,23H,9H2,1-4H3,(H,25,26,27)(H2,18,20,21,22). The monoisotopic (exact) mass is 405 g/mol. The largest absolute Gasteiger partial charge is 0.365 e. The molecule has 0 aliphatic carbocycles. The van der Waals surface area contributed by atoms with E-state index in [1.807, 2.05) is 32.5 Å². The molecule has 2 heterocycles. The number of aromatic nitrogens is 4. The van der Waals surface area contributed by atoms with E-state index >= 15 is 0 Å². The first-order chi connectivity index (χ1) is 13.0. The molecule has 0 radical (unpaired) electrons. The maximum absolute atomic E-state index is 10.9. The second kappa shape index (κ2) is 7.24. The predicted octanol–water partition coefficient (Wildman–Crippen LogP) is 2.40. The first kappa shape index (κ1) is 19.8. The third-order valence-electron chi connectivity index (χ3n) is 3.74. The van der Waals surface area contributed by atoms with Gasteiger partial charge in [0.2, 0.25) is 5.95 Å². The second-order valence-electron chi connectivity index (χ2n) is 7.40. The van der Waals surface area contributed by atoms with Crippen molar-refractivity contribution >= 4 is 38.8 Å². The molecule has 0 atom stereocenters. The number of fused-ring (bicyclic) bond motifs is 1. The summed E-state index contributed by atoms with van der Waals surface area (Å²) in [5.74, 6) is 1.14. The van der Waals surface area contributed by atoms with Crippen LogP contribution in [0.15, 0.2) is 30.5 Å². The maximum Gasteiger partial charge on any atom is 0.357 e. The van der Waals surface area contributed by atoms with E-state index in [2.05, 4.69) is 25.7 Å². The molecule has 150 valence electrons. The fourth-order valence-corrected chi connectivity index (χ4v) is 3.01. The van der Waals surface area contributed by atoms with Crippen LogP contribution in [0.2, 0.25) is 0 Å². The number of nitrogens with zero attached hydrogens (tertiary/aromatic N) is 4. The van der Waals surface area contributed by atoms with Gasteiger partial charge in [-0.2, -0.15) is 23.5 Å². The second-order valence-corrected chi connectivity index (χ2v) is 8.56. The molecule has 28 heavy (non-hydrogen) atoms. The van der Waals surface area contributed by atoms with Gasteiger partial charge < -0.3 is 10.6 Å². The summed E-state index contributed by atoms with van der Waals surface area (Å²) in [6, 6.07) is 6.63. The lowest BCUT2D eigenvalue weighted by atomic mass is 10.1. The molecule has 0 saturated heterocycles. The highest BCUT2D eigenvalue weighted by Crippen LogP contribution is 2.23. The molecule has 0 bridgehead atoms. The summed E-state index contributed by atoms with van der Waals surface area (Å²) in [7, 11) is -2.47. The fraction of sp³-hybridized carbons (Fsp3) is 0.353. The van der Waals surface area contributed by atoms with Gasteiger partial charge in [-0.1, -0.05) is 12.1 Å². The van der Waals surface area contributed by atoms with Crippen molar-refractivity contribution in [1.29, 1.82) is 0 Å². The lowest BCUT2D eigenvalue weighted by Gasteiger charge is -2.21. The minimum absolute atomic E-state index is 0.195. The van der Waals surface area contributed by atoms with E-state index < -0.39 is 10.3 Å². The first-order valence-electron chi connectivity index (χ1n) is 8.56. The molecular formula is C17H23N7O3S. The van der Waals surface area contributed by atoms with Crippen molar-refractivity contribution in [1.82, 2.24) is 19.7 Å². The number of rotatable bonds is 6. The molecule has 2 aromatic heterocycles. The van der Waals surface area contributed by atoms with Crippen molar-refractivity contribution in [2.24, 2.45) is 7.05 Å². The zero-order valence-corrected chi connectivity index (χ0v) is 16.9. The van der Waals surface area contributed by atoms with Crippen LogP contribution in [0.5, 0.6) is 0 Å². The van der Waals surface area contributed by atoms with E-state index in [0.29, 0.717) is 24.0 Å². The SMILES string of the molecule is Cn1ncc2c(NCc3ccc(NS(=O)(=O)O)cc3)nc(NC(C)(C)C)nc21.